The van der Waals surface area contributed by atoms with E-state index in [0.717, 1.165) is 6.29 Å². The summed E-state index contributed by atoms with van der Waals surface area (Å²) in [4.78, 5) is 13.0. The minimum absolute atomic E-state index is 0.0430. The van der Waals surface area contributed by atoms with E-state index < -0.39 is 0 Å². The number of aldehydes is 1. The van der Waals surface area contributed by atoms with Crippen LogP contribution >= 0.6 is 0 Å². The standard InChI is InChI=1S/C13H17NO3/c1-14(2)8-7-10(9-15)13-11(16)5-4-6-12(13)17-3/h4-7,9,16H,8H2,1-3H3/b10-7-. The highest BCUT2D eigenvalue weighted by Gasteiger charge is 2.12. The van der Waals surface area contributed by atoms with E-state index in [2.05, 4.69) is 0 Å². The molecule has 92 valence electrons. The second kappa shape index (κ2) is 6.06. The maximum Gasteiger partial charge on any atom is 0.150 e. The molecule has 0 aliphatic carbocycles. The molecule has 1 aromatic carbocycles. The average Bonchev–Trinajstić information content (AvgIpc) is 2.31. The van der Waals surface area contributed by atoms with Crippen LogP contribution < -0.4 is 4.74 Å². The number of likely N-dealkylation sites (N-methyl/N-ethyl adjacent to an activating group) is 1. The lowest BCUT2D eigenvalue weighted by atomic mass is 10.0. The zero-order chi connectivity index (χ0) is 12.8. The summed E-state index contributed by atoms with van der Waals surface area (Å²) in [6.45, 7) is 0.617. The van der Waals surface area contributed by atoms with Crippen molar-refractivity contribution in [1.82, 2.24) is 4.90 Å². The normalized spacial score (nSPS) is 11.6. The van der Waals surface area contributed by atoms with Gasteiger partial charge in [-0.15, -0.1) is 0 Å². The van der Waals surface area contributed by atoms with Crippen LogP contribution in [-0.4, -0.2) is 44.0 Å². The van der Waals surface area contributed by atoms with Gasteiger partial charge in [0.25, 0.3) is 0 Å². The van der Waals surface area contributed by atoms with Crippen LogP contribution in [0.2, 0.25) is 0 Å². The minimum Gasteiger partial charge on any atom is -0.507 e. The topological polar surface area (TPSA) is 49.8 Å². The number of phenols is 1. The maximum absolute atomic E-state index is 11.1. The molecule has 0 spiro atoms. The van der Waals surface area contributed by atoms with Gasteiger partial charge in [-0.3, -0.25) is 4.79 Å². The van der Waals surface area contributed by atoms with Crippen molar-refractivity contribution in [1.29, 1.82) is 0 Å². The summed E-state index contributed by atoms with van der Waals surface area (Å²) in [5, 5.41) is 9.80. The SMILES string of the molecule is COc1cccc(O)c1/C(C=O)=C\CN(C)C. The Morgan fingerprint density at radius 3 is 2.71 bits per heavy atom. The number of hydrogen-bond donors (Lipinski definition) is 1. The van der Waals surface area contributed by atoms with Crippen molar-refractivity contribution < 1.29 is 14.6 Å². The van der Waals surface area contributed by atoms with Crippen LogP contribution in [0, 0.1) is 0 Å². The van der Waals surface area contributed by atoms with E-state index in [0.29, 0.717) is 23.4 Å². The average molecular weight is 235 g/mol. The van der Waals surface area contributed by atoms with E-state index in [9.17, 15) is 9.90 Å². The molecule has 0 aliphatic heterocycles. The molecular weight excluding hydrogens is 218 g/mol. The Hall–Kier alpha value is -1.81. The Morgan fingerprint density at radius 2 is 2.18 bits per heavy atom. The summed E-state index contributed by atoms with van der Waals surface area (Å²) in [6, 6.07) is 4.92. The number of carbonyl (C=O) groups is 1. The second-order valence-corrected chi connectivity index (χ2v) is 3.89. The fraction of sp³-hybridized carbons (Fsp3) is 0.308. The van der Waals surface area contributed by atoms with Crippen LogP contribution in [0.15, 0.2) is 24.3 Å². The summed E-state index contributed by atoms with van der Waals surface area (Å²) < 4.78 is 5.14. The van der Waals surface area contributed by atoms with Gasteiger partial charge in [-0.25, -0.2) is 0 Å². The molecule has 1 N–H and O–H groups in total. The third-order valence-electron chi connectivity index (χ3n) is 2.32. The lowest BCUT2D eigenvalue weighted by Crippen LogP contribution is -2.11. The first-order chi connectivity index (χ1) is 8.10. The Bertz CT molecular complexity index is 425. The molecule has 1 aromatic rings. The van der Waals surface area contributed by atoms with Crippen LogP contribution in [0.1, 0.15) is 5.56 Å². The molecule has 0 aliphatic rings. The molecule has 4 heteroatoms. The van der Waals surface area contributed by atoms with Gasteiger partial charge in [-0.2, -0.15) is 0 Å². The van der Waals surface area contributed by atoms with Gasteiger partial charge >= 0.3 is 0 Å². The fourth-order valence-electron chi connectivity index (χ4n) is 1.47. The summed E-state index contributed by atoms with van der Waals surface area (Å²) in [7, 11) is 5.31. The van der Waals surface area contributed by atoms with Gasteiger partial charge in [0.15, 0.2) is 6.29 Å². The van der Waals surface area contributed by atoms with E-state index in [1.165, 1.54) is 13.2 Å². The summed E-state index contributed by atoms with van der Waals surface area (Å²) >= 11 is 0. The van der Waals surface area contributed by atoms with Crippen molar-refractivity contribution in [2.75, 3.05) is 27.7 Å². The number of phenolic OH excluding ortho intramolecular Hbond substituents is 1. The molecule has 4 nitrogen and oxygen atoms in total. The minimum atomic E-state index is 0.0430. The van der Waals surface area contributed by atoms with Gasteiger partial charge in [0, 0.05) is 12.1 Å². The highest BCUT2D eigenvalue weighted by Crippen LogP contribution is 2.32. The lowest BCUT2D eigenvalue weighted by molar-refractivity contribution is -0.103. The maximum atomic E-state index is 11.1. The Morgan fingerprint density at radius 1 is 1.47 bits per heavy atom. The van der Waals surface area contributed by atoms with Gasteiger partial charge < -0.3 is 14.7 Å². The van der Waals surface area contributed by atoms with Crippen molar-refractivity contribution >= 4 is 11.9 Å². The number of methoxy groups -OCH3 is 1. The summed E-state index contributed by atoms with van der Waals surface area (Å²) in [6.07, 6.45) is 2.48. The molecule has 17 heavy (non-hydrogen) atoms. The smallest absolute Gasteiger partial charge is 0.150 e. The van der Waals surface area contributed by atoms with Crippen molar-refractivity contribution in [3.8, 4) is 11.5 Å². The van der Waals surface area contributed by atoms with Gasteiger partial charge in [0.05, 0.1) is 12.7 Å². The van der Waals surface area contributed by atoms with Crippen molar-refractivity contribution in [3.63, 3.8) is 0 Å². The lowest BCUT2D eigenvalue weighted by Gasteiger charge is -2.11. The van der Waals surface area contributed by atoms with Crippen LogP contribution in [-0.2, 0) is 4.79 Å². The third-order valence-corrected chi connectivity index (χ3v) is 2.32. The molecule has 0 unspecified atom stereocenters. The Labute approximate surface area is 101 Å². The highest BCUT2D eigenvalue weighted by atomic mass is 16.5. The number of benzene rings is 1. The first-order valence-electron chi connectivity index (χ1n) is 5.26. The molecule has 0 fully saturated rings. The van der Waals surface area contributed by atoms with Crippen LogP contribution in [0.4, 0.5) is 0 Å². The van der Waals surface area contributed by atoms with Gasteiger partial charge in [0.2, 0.25) is 0 Å². The van der Waals surface area contributed by atoms with Crippen molar-refractivity contribution in [2.45, 2.75) is 0 Å². The van der Waals surface area contributed by atoms with Crippen molar-refractivity contribution in [2.24, 2.45) is 0 Å². The van der Waals surface area contributed by atoms with Crippen LogP contribution in [0.25, 0.3) is 5.57 Å². The van der Waals surface area contributed by atoms with Crippen molar-refractivity contribution in [3.05, 3.63) is 29.8 Å². The number of aromatic hydroxyl groups is 1. The zero-order valence-corrected chi connectivity index (χ0v) is 10.3. The molecule has 1 rings (SSSR count). The van der Waals surface area contributed by atoms with Gasteiger partial charge in [-0.1, -0.05) is 12.1 Å². The van der Waals surface area contributed by atoms with E-state index >= 15 is 0 Å². The number of rotatable bonds is 5. The Balaban J connectivity index is 3.19. The van der Waals surface area contributed by atoms with Gasteiger partial charge in [-0.05, 0) is 26.2 Å². The molecule has 0 heterocycles. The van der Waals surface area contributed by atoms with Gasteiger partial charge in [0.1, 0.15) is 11.5 Å². The van der Waals surface area contributed by atoms with E-state index in [1.54, 1.807) is 18.2 Å². The summed E-state index contributed by atoms with van der Waals surface area (Å²) in [5.41, 5.74) is 0.862. The molecule has 0 saturated heterocycles. The third kappa shape index (κ3) is 3.32. The molecule has 0 aromatic heterocycles. The van der Waals surface area contributed by atoms with Crippen LogP contribution in [0.5, 0.6) is 11.5 Å². The first kappa shape index (κ1) is 13.3. The summed E-state index contributed by atoms with van der Waals surface area (Å²) in [5.74, 6) is 0.531. The number of ether oxygens (including phenoxy) is 1. The van der Waals surface area contributed by atoms with E-state index in [1.807, 2.05) is 19.0 Å². The quantitative estimate of drug-likeness (QED) is 0.621. The number of carbonyl (C=O) groups excluding carboxylic acids is 1. The molecule has 0 saturated carbocycles. The van der Waals surface area contributed by atoms with E-state index in [4.69, 9.17) is 4.74 Å². The van der Waals surface area contributed by atoms with Crippen LogP contribution in [0.3, 0.4) is 0 Å². The second-order valence-electron chi connectivity index (χ2n) is 3.89. The highest BCUT2D eigenvalue weighted by molar-refractivity contribution is 6.09. The molecule has 0 radical (unpaired) electrons. The fourth-order valence-corrected chi connectivity index (χ4v) is 1.47. The largest absolute Gasteiger partial charge is 0.507 e. The van der Waals surface area contributed by atoms with E-state index in [-0.39, 0.29) is 5.75 Å². The zero-order valence-electron chi connectivity index (χ0n) is 10.3. The monoisotopic (exact) mass is 235 g/mol. The Kier molecular flexibility index (Phi) is 4.72. The predicted molar refractivity (Wildman–Crippen MR) is 67.3 cm³/mol. The predicted octanol–water partition coefficient (Wildman–Crippen LogP) is 1.54. The number of nitrogens with zero attached hydrogens (tertiary/aromatic N) is 1. The molecular formula is C13H17NO3. The molecule has 0 bridgehead atoms. The first-order valence-corrected chi connectivity index (χ1v) is 5.26. The number of allylic oxidation sites excluding steroid dienone is 1. The molecule has 0 amide bonds. The molecule has 0 atom stereocenters. The number of hydrogen-bond acceptors (Lipinski definition) is 4.